The van der Waals surface area contributed by atoms with Gasteiger partial charge in [-0.2, -0.15) is 0 Å². The summed E-state index contributed by atoms with van der Waals surface area (Å²) in [5.41, 5.74) is 5.67. The summed E-state index contributed by atoms with van der Waals surface area (Å²) in [5, 5.41) is 9.10. The van der Waals surface area contributed by atoms with Gasteiger partial charge in [-0.25, -0.2) is 4.98 Å². The van der Waals surface area contributed by atoms with Crippen LogP contribution < -0.4 is 0 Å². The molecule has 1 aromatic heterocycles. The summed E-state index contributed by atoms with van der Waals surface area (Å²) < 4.78 is 0. The maximum Gasteiger partial charge on any atom is 0.0709 e. The molecule has 0 fully saturated rings. The van der Waals surface area contributed by atoms with Crippen LogP contribution in [0.15, 0.2) is 115 Å². The molecule has 0 aliphatic rings. The van der Waals surface area contributed by atoms with Crippen LogP contribution in [0.1, 0.15) is 0 Å². The maximum atomic E-state index is 4.85. The van der Waals surface area contributed by atoms with E-state index in [9.17, 15) is 0 Å². The molecule has 1 heterocycles. The van der Waals surface area contributed by atoms with Crippen molar-refractivity contribution >= 4 is 43.2 Å². The van der Waals surface area contributed by atoms with E-state index < -0.39 is 0 Å². The number of para-hydroxylation sites is 1. The summed E-state index contributed by atoms with van der Waals surface area (Å²) in [4.78, 5) is 4.85. The molecule has 0 saturated carbocycles. The first-order chi connectivity index (χ1) is 15.8. The average Bonchev–Trinajstić information content (AvgIpc) is 2.87. The van der Waals surface area contributed by atoms with Crippen LogP contribution in [0.25, 0.3) is 65.6 Å². The zero-order valence-electron chi connectivity index (χ0n) is 17.4. The maximum absolute atomic E-state index is 4.85. The van der Waals surface area contributed by atoms with Crippen LogP contribution in [0.5, 0.6) is 0 Å². The number of nitrogens with zero attached hydrogens (tertiary/aromatic N) is 1. The van der Waals surface area contributed by atoms with Crippen molar-refractivity contribution in [2.24, 2.45) is 0 Å². The van der Waals surface area contributed by atoms with E-state index in [-0.39, 0.29) is 0 Å². The smallest absolute Gasteiger partial charge is 0.0709 e. The van der Waals surface area contributed by atoms with Crippen molar-refractivity contribution in [3.8, 4) is 22.4 Å². The molecule has 148 valence electrons. The fourth-order valence-corrected chi connectivity index (χ4v) is 5.03. The third-order valence-electron chi connectivity index (χ3n) is 6.62. The van der Waals surface area contributed by atoms with Gasteiger partial charge in [-0.05, 0) is 55.6 Å². The molecule has 7 aromatic rings. The standard InChI is InChI=1S/C31H19N/c1-2-7-28-21(4-1)16-19-29(32-28)22-10-8-20(9-11-22)26-17-14-25-13-12-23-5-3-6-24-15-18-27(26)31(25)30(23)24/h1-19H. The van der Waals surface area contributed by atoms with Crippen LogP contribution in [-0.2, 0) is 0 Å². The Balaban J connectivity index is 1.38. The average molecular weight is 406 g/mol. The van der Waals surface area contributed by atoms with Crippen molar-refractivity contribution < 1.29 is 0 Å². The first-order valence-electron chi connectivity index (χ1n) is 11.0. The van der Waals surface area contributed by atoms with Gasteiger partial charge in [-0.3, -0.25) is 0 Å². The zero-order valence-corrected chi connectivity index (χ0v) is 17.4. The first-order valence-corrected chi connectivity index (χ1v) is 11.0. The number of hydrogen-bond donors (Lipinski definition) is 0. The molecule has 0 spiro atoms. The van der Waals surface area contributed by atoms with E-state index in [2.05, 4.69) is 109 Å². The number of fused-ring (bicyclic) bond motifs is 1. The molecule has 0 amide bonds. The second-order valence-electron chi connectivity index (χ2n) is 8.44. The highest BCUT2D eigenvalue weighted by molar-refractivity contribution is 6.25. The van der Waals surface area contributed by atoms with Gasteiger partial charge in [-0.1, -0.05) is 103 Å². The fraction of sp³-hybridized carbons (Fsp3) is 0. The Bertz CT molecular complexity index is 1740. The van der Waals surface area contributed by atoms with Gasteiger partial charge in [0, 0.05) is 10.9 Å². The van der Waals surface area contributed by atoms with Crippen molar-refractivity contribution in [2.45, 2.75) is 0 Å². The summed E-state index contributed by atoms with van der Waals surface area (Å²) in [6, 6.07) is 41.4. The van der Waals surface area contributed by atoms with Gasteiger partial charge in [0.05, 0.1) is 11.2 Å². The Morgan fingerprint density at radius 3 is 1.88 bits per heavy atom. The third kappa shape index (κ3) is 2.55. The summed E-state index contributed by atoms with van der Waals surface area (Å²) in [6.45, 7) is 0. The Morgan fingerprint density at radius 1 is 0.406 bits per heavy atom. The first kappa shape index (κ1) is 17.5. The Morgan fingerprint density at radius 2 is 1.03 bits per heavy atom. The van der Waals surface area contributed by atoms with Gasteiger partial charge in [0.1, 0.15) is 0 Å². The molecule has 32 heavy (non-hydrogen) atoms. The normalized spacial score (nSPS) is 11.8. The highest BCUT2D eigenvalue weighted by Gasteiger charge is 2.12. The molecule has 0 unspecified atom stereocenters. The van der Waals surface area contributed by atoms with Crippen LogP contribution in [-0.4, -0.2) is 4.98 Å². The quantitative estimate of drug-likeness (QED) is 0.263. The second kappa shape index (κ2) is 6.63. The monoisotopic (exact) mass is 405 g/mol. The molecular formula is C31H19N. The lowest BCUT2D eigenvalue weighted by molar-refractivity contribution is 1.40. The van der Waals surface area contributed by atoms with Gasteiger partial charge in [0.2, 0.25) is 0 Å². The third-order valence-corrected chi connectivity index (χ3v) is 6.62. The van der Waals surface area contributed by atoms with Crippen molar-refractivity contribution in [3.63, 3.8) is 0 Å². The lowest BCUT2D eigenvalue weighted by Crippen LogP contribution is -1.88. The van der Waals surface area contributed by atoms with Crippen LogP contribution in [0.2, 0.25) is 0 Å². The van der Waals surface area contributed by atoms with E-state index in [0.717, 1.165) is 16.8 Å². The van der Waals surface area contributed by atoms with Crippen LogP contribution >= 0.6 is 0 Å². The highest BCUT2D eigenvalue weighted by atomic mass is 14.7. The van der Waals surface area contributed by atoms with Gasteiger partial charge < -0.3 is 0 Å². The molecule has 0 saturated heterocycles. The zero-order chi connectivity index (χ0) is 21.1. The molecule has 0 aliphatic heterocycles. The molecule has 1 nitrogen and oxygen atoms in total. The summed E-state index contributed by atoms with van der Waals surface area (Å²) in [5.74, 6) is 0. The van der Waals surface area contributed by atoms with E-state index in [4.69, 9.17) is 4.98 Å². The molecule has 0 atom stereocenters. The second-order valence-corrected chi connectivity index (χ2v) is 8.44. The van der Waals surface area contributed by atoms with Gasteiger partial charge in [0.15, 0.2) is 0 Å². The van der Waals surface area contributed by atoms with E-state index in [1.165, 1.54) is 48.8 Å². The van der Waals surface area contributed by atoms with Gasteiger partial charge in [-0.15, -0.1) is 0 Å². The number of pyridine rings is 1. The Kier molecular flexibility index (Phi) is 3.62. The topological polar surface area (TPSA) is 12.9 Å². The van der Waals surface area contributed by atoms with Gasteiger partial charge >= 0.3 is 0 Å². The lowest BCUT2D eigenvalue weighted by atomic mass is 9.89. The SMILES string of the molecule is c1ccc2nc(-c3ccc(-c4ccc5ccc6cccc7ccc4c5c67)cc3)ccc2c1. The summed E-state index contributed by atoms with van der Waals surface area (Å²) >= 11 is 0. The largest absolute Gasteiger partial charge is 0.248 e. The molecule has 0 aliphatic carbocycles. The molecule has 6 aromatic carbocycles. The number of aromatic nitrogens is 1. The van der Waals surface area contributed by atoms with Gasteiger partial charge in [0.25, 0.3) is 0 Å². The summed E-state index contributed by atoms with van der Waals surface area (Å²) in [7, 11) is 0. The van der Waals surface area contributed by atoms with E-state index in [0.29, 0.717) is 0 Å². The minimum Gasteiger partial charge on any atom is -0.248 e. The molecular weight excluding hydrogens is 386 g/mol. The van der Waals surface area contributed by atoms with E-state index in [1.54, 1.807) is 0 Å². The Labute approximate surface area is 185 Å². The molecule has 0 bridgehead atoms. The van der Waals surface area contributed by atoms with E-state index in [1.807, 2.05) is 6.07 Å². The molecule has 0 radical (unpaired) electrons. The van der Waals surface area contributed by atoms with Crippen molar-refractivity contribution in [1.82, 2.24) is 4.98 Å². The molecule has 7 rings (SSSR count). The van der Waals surface area contributed by atoms with Crippen molar-refractivity contribution in [2.75, 3.05) is 0 Å². The van der Waals surface area contributed by atoms with Crippen LogP contribution in [0, 0.1) is 0 Å². The lowest BCUT2D eigenvalue weighted by Gasteiger charge is -2.14. The van der Waals surface area contributed by atoms with E-state index >= 15 is 0 Å². The predicted molar refractivity (Wildman–Crippen MR) is 136 cm³/mol. The summed E-state index contributed by atoms with van der Waals surface area (Å²) in [6.07, 6.45) is 0. The number of benzene rings is 6. The van der Waals surface area contributed by atoms with Crippen LogP contribution in [0.3, 0.4) is 0 Å². The minimum absolute atomic E-state index is 1.01. The van der Waals surface area contributed by atoms with Crippen LogP contribution in [0.4, 0.5) is 0 Å². The fourth-order valence-electron chi connectivity index (χ4n) is 5.03. The Hall–Kier alpha value is -4.23. The van der Waals surface area contributed by atoms with Crippen molar-refractivity contribution in [1.29, 1.82) is 0 Å². The minimum atomic E-state index is 1.01. The number of hydrogen-bond acceptors (Lipinski definition) is 1. The number of rotatable bonds is 2. The predicted octanol–water partition coefficient (Wildman–Crippen LogP) is 8.47. The molecule has 1 heteroatoms. The highest BCUT2D eigenvalue weighted by Crippen LogP contribution is 2.39. The van der Waals surface area contributed by atoms with Crippen molar-refractivity contribution in [3.05, 3.63) is 115 Å². The molecule has 0 N–H and O–H groups in total.